The number of sulfonamides is 1. The van der Waals surface area contributed by atoms with E-state index in [1.807, 2.05) is 0 Å². The van der Waals surface area contributed by atoms with Crippen LogP contribution in [0.4, 0.5) is 14.5 Å². The van der Waals surface area contributed by atoms with Crippen LogP contribution < -0.4 is 5.32 Å². The SMILES string of the molecule is O=C(Nc1cc(F)ccc1F)C1=CN2CCS(=O)(=O)N=C2C=C1. The Morgan fingerprint density at radius 1 is 1.26 bits per heavy atom. The Morgan fingerprint density at radius 3 is 2.83 bits per heavy atom. The Kier molecular flexibility index (Phi) is 3.72. The molecular formula is C14H11F2N3O3S. The number of anilines is 1. The van der Waals surface area contributed by atoms with Crippen LogP contribution in [0.5, 0.6) is 0 Å². The molecule has 0 atom stereocenters. The maximum absolute atomic E-state index is 13.5. The van der Waals surface area contributed by atoms with Gasteiger partial charge < -0.3 is 10.2 Å². The number of fused-ring (bicyclic) bond motifs is 1. The molecular weight excluding hydrogens is 328 g/mol. The van der Waals surface area contributed by atoms with Crippen molar-refractivity contribution < 1.29 is 22.0 Å². The topological polar surface area (TPSA) is 78.8 Å². The summed E-state index contributed by atoms with van der Waals surface area (Å²) in [5.41, 5.74) is -0.100. The number of halogens is 2. The van der Waals surface area contributed by atoms with Gasteiger partial charge in [-0.25, -0.2) is 17.2 Å². The van der Waals surface area contributed by atoms with Crippen molar-refractivity contribution in [1.82, 2.24) is 4.90 Å². The number of carbonyl (C=O) groups is 1. The summed E-state index contributed by atoms with van der Waals surface area (Å²) in [7, 11) is -3.48. The lowest BCUT2D eigenvalue weighted by atomic mass is 10.1. The van der Waals surface area contributed by atoms with Gasteiger partial charge in [0.1, 0.15) is 17.5 Å². The summed E-state index contributed by atoms with van der Waals surface area (Å²) in [6, 6.07) is 2.73. The Labute approximate surface area is 130 Å². The van der Waals surface area contributed by atoms with Gasteiger partial charge in [-0.2, -0.15) is 0 Å². The molecule has 23 heavy (non-hydrogen) atoms. The summed E-state index contributed by atoms with van der Waals surface area (Å²) in [5, 5.41) is 2.27. The molecule has 120 valence electrons. The third-order valence-electron chi connectivity index (χ3n) is 3.26. The number of amidine groups is 1. The maximum Gasteiger partial charge on any atom is 0.257 e. The minimum Gasteiger partial charge on any atom is -0.330 e. The van der Waals surface area contributed by atoms with Crippen molar-refractivity contribution in [3.05, 3.63) is 53.8 Å². The number of benzene rings is 1. The summed E-state index contributed by atoms with van der Waals surface area (Å²) >= 11 is 0. The smallest absolute Gasteiger partial charge is 0.257 e. The van der Waals surface area contributed by atoms with Crippen LogP contribution in [0.25, 0.3) is 0 Å². The predicted molar refractivity (Wildman–Crippen MR) is 80.1 cm³/mol. The summed E-state index contributed by atoms with van der Waals surface area (Å²) < 4.78 is 53.0. The molecule has 0 aliphatic carbocycles. The fourth-order valence-corrected chi connectivity index (χ4v) is 3.09. The van der Waals surface area contributed by atoms with E-state index in [-0.39, 0.29) is 29.4 Å². The average Bonchev–Trinajstić information content (AvgIpc) is 2.49. The van der Waals surface area contributed by atoms with Crippen LogP contribution in [0.2, 0.25) is 0 Å². The van der Waals surface area contributed by atoms with Gasteiger partial charge in [0.15, 0.2) is 0 Å². The van der Waals surface area contributed by atoms with E-state index in [2.05, 4.69) is 9.71 Å². The van der Waals surface area contributed by atoms with Crippen molar-refractivity contribution in [2.75, 3.05) is 17.6 Å². The van der Waals surface area contributed by atoms with Crippen LogP contribution in [0.1, 0.15) is 0 Å². The lowest BCUT2D eigenvalue weighted by Gasteiger charge is -2.26. The quantitative estimate of drug-likeness (QED) is 0.883. The highest BCUT2D eigenvalue weighted by Crippen LogP contribution is 2.19. The zero-order valence-electron chi connectivity index (χ0n) is 11.7. The van der Waals surface area contributed by atoms with Crippen molar-refractivity contribution in [1.29, 1.82) is 0 Å². The largest absolute Gasteiger partial charge is 0.330 e. The molecule has 0 spiro atoms. The van der Waals surface area contributed by atoms with E-state index in [1.165, 1.54) is 23.3 Å². The van der Waals surface area contributed by atoms with Gasteiger partial charge in [-0.1, -0.05) is 0 Å². The zero-order valence-corrected chi connectivity index (χ0v) is 12.5. The number of amides is 1. The van der Waals surface area contributed by atoms with Gasteiger partial charge in [-0.3, -0.25) is 4.79 Å². The first-order chi connectivity index (χ1) is 10.8. The van der Waals surface area contributed by atoms with Crippen molar-refractivity contribution >= 4 is 27.5 Å². The summed E-state index contributed by atoms with van der Waals surface area (Å²) in [6.45, 7) is 0.163. The lowest BCUT2D eigenvalue weighted by molar-refractivity contribution is -0.112. The third kappa shape index (κ3) is 3.29. The fraction of sp³-hybridized carbons (Fsp3) is 0.143. The molecule has 0 unspecified atom stereocenters. The van der Waals surface area contributed by atoms with E-state index in [4.69, 9.17) is 0 Å². The Morgan fingerprint density at radius 2 is 2.04 bits per heavy atom. The van der Waals surface area contributed by atoms with Crippen LogP contribution in [0.15, 0.2) is 46.5 Å². The van der Waals surface area contributed by atoms with Gasteiger partial charge in [0, 0.05) is 18.8 Å². The van der Waals surface area contributed by atoms with Crippen molar-refractivity contribution in [2.24, 2.45) is 4.40 Å². The first-order valence-corrected chi connectivity index (χ1v) is 8.20. The number of nitrogens with one attached hydrogen (secondary N) is 1. The highest BCUT2D eigenvalue weighted by atomic mass is 32.2. The second-order valence-corrected chi connectivity index (χ2v) is 6.68. The first-order valence-electron chi connectivity index (χ1n) is 6.60. The molecule has 0 radical (unpaired) electrons. The van der Waals surface area contributed by atoms with Gasteiger partial charge in [0.25, 0.3) is 15.9 Å². The number of rotatable bonds is 2. The molecule has 0 saturated heterocycles. The molecule has 2 aliphatic heterocycles. The molecule has 3 rings (SSSR count). The van der Waals surface area contributed by atoms with Gasteiger partial charge in [-0.05, 0) is 24.3 Å². The maximum atomic E-state index is 13.5. The van der Waals surface area contributed by atoms with Crippen molar-refractivity contribution in [3.63, 3.8) is 0 Å². The fourth-order valence-electron chi connectivity index (χ4n) is 2.12. The van der Waals surface area contributed by atoms with Crippen LogP contribution in [0, 0.1) is 11.6 Å². The minimum atomic E-state index is -3.48. The van der Waals surface area contributed by atoms with Crippen LogP contribution in [0.3, 0.4) is 0 Å². The Hall–Kier alpha value is -2.55. The highest BCUT2D eigenvalue weighted by Gasteiger charge is 2.25. The summed E-state index contributed by atoms with van der Waals surface area (Å²) in [6.07, 6.45) is 4.16. The molecule has 2 aliphatic rings. The molecule has 0 bridgehead atoms. The molecule has 2 heterocycles. The molecule has 9 heteroatoms. The Bertz CT molecular complexity index is 875. The van der Waals surface area contributed by atoms with Crippen LogP contribution >= 0.6 is 0 Å². The molecule has 1 aromatic rings. The molecule has 6 nitrogen and oxygen atoms in total. The van der Waals surface area contributed by atoms with Crippen molar-refractivity contribution in [3.8, 4) is 0 Å². The number of nitrogens with zero attached hydrogens (tertiary/aromatic N) is 2. The van der Waals surface area contributed by atoms with E-state index in [9.17, 15) is 22.0 Å². The van der Waals surface area contributed by atoms with Gasteiger partial charge in [0.2, 0.25) is 0 Å². The summed E-state index contributed by atoms with van der Waals surface area (Å²) in [5.74, 6) is -2.02. The second kappa shape index (κ2) is 5.58. The van der Waals surface area contributed by atoms with E-state index in [1.54, 1.807) is 0 Å². The zero-order chi connectivity index (χ0) is 16.6. The van der Waals surface area contributed by atoms with E-state index < -0.39 is 27.6 Å². The molecule has 1 amide bonds. The highest BCUT2D eigenvalue weighted by molar-refractivity contribution is 7.90. The van der Waals surface area contributed by atoms with E-state index >= 15 is 0 Å². The van der Waals surface area contributed by atoms with Gasteiger partial charge in [-0.15, -0.1) is 4.40 Å². The molecule has 0 saturated carbocycles. The second-order valence-electron chi connectivity index (χ2n) is 4.92. The van der Waals surface area contributed by atoms with Crippen LogP contribution in [-0.2, 0) is 14.8 Å². The molecule has 0 fully saturated rings. The van der Waals surface area contributed by atoms with Crippen LogP contribution in [-0.4, -0.2) is 37.4 Å². The molecule has 1 aromatic carbocycles. The Balaban J connectivity index is 1.81. The molecule has 0 aromatic heterocycles. The average molecular weight is 339 g/mol. The van der Waals surface area contributed by atoms with Gasteiger partial charge >= 0.3 is 0 Å². The lowest BCUT2D eigenvalue weighted by Crippen LogP contribution is -2.37. The number of hydrogen-bond acceptors (Lipinski definition) is 4. The monoisotopic (exact) mass is 339 g/mol. The van der Waals surface area contributed by atoms with Gasteiger partial charge in [0.05, 0.1) is 17.0 Å². The minimum absolute atomic E-state index is 0.158. The summed E-state index contributed by atoms with van der Waals surface area (Å²) in [4.78, 5) is 13.6. The third-order valence-corrected chi connectivity index (χ3v) is 4.43. The molecule has 1 N–H and O–H groups in total. The number of carbonyl (C=O) groups excluding carboxylic acids is 1. The van der Waals surface area contributed by atoms with E-state index in [0.717, 1.165) is 18.2 Å². The number of hydrogen-bond donors (Lipinski definition) is 1. The normalized spacial score (nSPS) is 18.8. The predicted octanol–water partition coefficient (Wildman–Crippen LogP) is 1.40. The standard InChI is InChI=1S/C14H11F2N3O3S/c15-10-2-3-11(16)12(7-10)17-14(20)9-1-4-13-18-23(21,22)6-5-19(13)8-9/h1-4,7-8H,5-6H2,(H,17,20). The van der Waals surface area contributed by atoms with E-state index in [0.29, 0.717) is 0 Å². The van der Waals surface area contributed by atoms with Crippen molar-refractivity contribution in [2.45, 2.75) is 0 Å². The first kappa shape index (κ1) is 15.3.